The van der Waals surface area contributed by atoms with Crippen LogP contribution < -0.4 is 5.32 Å². The van der Waals surface area contributed by atoms with Crippen LogP contribution in [0.1, 0.15) is 18.5 Å². The van der Waals surface area contributed by atoms with Crippen molar-refractivity contribution in [1.29, 1.82) is 0 Å². The van der Waals surface area contributed by atoms with Crippen molar-refractivity contribution in [2.24, 2.45) is 0 Å². The Hall–Kier alpha value is -0.980. The molecule has 2 rings (SSSR count). The van der Waals surface area contributed by atoms with Crippen molar-refractivity contribution in [2.75, 3.05) is 33.7 Å². The highest BCUT2D eigenvalue weighted by atomic mass is 32.1. The monoisotopic (exact) mass is 282 g/mol. The number of nitrogens with one attached hydrogen (secondary N) is 1. The molecular formula is C13H22N4OS. The SMILES string of the molecule is CN(C)C(=O)CN1CCC(NCc2cscn2)CC1. The number of hydrogen-bond donors (Lipinski definition) is 1. The molecule has 5 nitrogen and oxygen atoms in total. The van der Waals surface area contributed by atoms with Crippen LogP contribution in [0.25, 0.3) is 0 Å². The second-order valence-corrected chi connectivity index (χ2v) is 5.92. The Bertz CT molecular complexity index is 385. The molecule has 0 unspecified atom stereocenters. The molecule has 0 spiro atoms. The zero-order chi connectivity index (χ0) is 13.7. The first-order valence-electron chi connectivity index (χ1n) is 6.68. The fraction of sp³-hybridized carbons (Fsp3) is 0.692. The fourth-order valence-electron chi connectivity index (χ4n) is 2.20. The van der Waals surface area contributed by atoms with E-state index in [9.17, 15) is 4.79 Å². The van der Waals surface area contributed by atoms with E-state index in [4.69, 9.17) is 0 Å². The predicted molar refractivity (Wildman–Crippen MR) is 77.1 cm³/mol. The second kappa shape index (κ2) is 6.98. The summed E-state index contributed by atoms with van der Waals surface area (Å²) in [6.07, 6.45) is 2.20. The molecule has 0 aliphatic carbocycles. The summed E-state index contributed by atoms with van der Waals surface area (Å²) in [5.74, 6) is 0.189. The van der Waals surface area contributed by atoms with Crippen LogP contribution in [0.4, 0.5) is 0 Å². The highest BCUT2D eigenvalue weighted by molar-refractivity contribution is 7.07. The molecule has 1 aliphatic heterocycles. The Labute approximate surface area is 118 Å². The molecular weight excluding hydrogens is 260 g/mol. The van der Waals surface area contributed by atoms with E-state index in [0.29, 0.717) is 12.6 Å². The smallest absolute Gasteiger partial charge is 0.236 e. The van der Waals surface area contributed by atoms with E-state index in [1.165, 1.54) is 0 Å². The predicted octanol–water partition coefficient (Wildman–Crippen LogP) is 0.785. The lowest BCUT2D eigenvalue weighted by molar-refractivity contribution is -0.130. The average Bonchev–Trinajstić information content (AvgIpc) is 2.91. The molecule has 1 N–H and O–H groups in total. The van der Waals surface area contributed by atoms with E-state index in [-0.39, 0.29) is 5.91 Å². The average molecular weight is 282 g/mol. The molecule has 0 saturated carbocycles. The summed E-state index contributed by atoms with van der Waals surface area (Å²) >= 11 is 1.63. The number of carbonyl (C=O) groups is 1. The molecule has 106 valence electrons. The number of likely N-dealkylation sites (tertiary alicyclic amines) is 1. The summed E-state index contributed by atoms with van der Waals surface area (Å²) in [4.78, 5) is 19.8. The van der Waals surface area contributed by atoms with Gasteiger partial charge in [0.05, 0.1) is 17.7 Å². The number of likely N-dealkylation sites (N-methyl/N-ethyl adjacent to an activating group) is 1. The van der Waals surface area contributed by atoms with Crippen LogP contribution in [0.2, 0.25) is 0 Å². The van der Waals surface area contributed by atoms with Crippen molar-refractivity contribution < 1.29 is 4.79 Å². The van der Waals surface area contributed by atoms with Gasteiger partial charge in [0, 0.05) is 45.2 Å². The van der Waals surface area contributed by atoms with Gasteiger partial charge in [-0.2, -0.15) is 0 Å². The van der Waals surface area contributed by atoms with Gasteiger partial charge in [-0.1, -0.05) is 0 Å². The third-order valence-corrected chi connectivity index (χ3v) is 4.14. The molecule has 0 radical (unpaired) electrons. The van der Waals surface area contributed by atoms with Crippen molar-refractivity contribution in [1.82, 2.24) is 20.1 Å². The first-order valence-corrected chi connectivity index (χ1v) is 7.62. The van der Waals surface area contributed by atoms with Gasteiger partial charge in [0.2, 0.25) is 5.91 Å². The van der Waals surface area contributed by atoms with Crippen LogP contribution in [0.3, 0.4) is 0 Å². The highest BCUT2D eigenvalue weighted by Crippen LogP contribution is 2.11. The Balaban J connectivity index is 1.66. The summed E-state index contributed by atoms with van der Waals surface area (Å²) in [5.41, 5.74) is 2.99. The van der Waals surface area contributed by atoms with Crippen molar-refractivity contribution in [3.05, 3.63) is 16.6 Å². The Kier molecular flexibility index (Phi) is 5.30. The third-order valence-electron chi connectivity index (χ3n) is 3.50. The summed E-state index contributed by atoms with van der Waals surface area (Å²) in [6, 6.07) is 0.549. The van der Waals surface area contributed by atoms with Crippen LogP contribution in [0.5, 0.6) is 0 Å². The minimum atomic E-state index is 0.189. The van der Waals surface area contributed by atoms with E-state index in [0.717, 1.165) is 38.2 Å². The summed E-state index contributed by atoms with van der Waals surface area (Å²) in [7, 11) is 3.62. The summed E-state index contributed by atoms with van der Waals surface area (Å²) < 4.78 is 0. The zero-order valence-corrected chi connectivity index (χ0v) is 12.4. The number of thiazole rings is 1. The standard InChI is InChI=1S/C13H22N4OS/c1-16(2)13(18)8-17-5-3-11(4-6-17)14-7-12-9-19-10-15-12/h9-11,14H,3-8H2,1-2H3. The first kappa shape index (κ1) is 14.4. The van der Waals surface area contributed by atoms with Gasteiger partial charge in [0.1, 0.15) is 0 Å². The van der Waals surface area contributed by atoms with Gasteiger partial charge in [0.15, 0.2) is 0 Å². The number of nitrogens with zero attached hydrogens (tertiary/aromatic N) is 3. The van der Waals surface area contributed by atoms with E-state index >= 15 is 0 Å². The van der Waals surface area contributed by atoms with Crippen LogP contribution in [0.15, 0.2) is 10.9 Å². The summed E-state index contributed by atoms with van der Waals surface area (Å²) in [6.45, 7) is 3.39. The normalized spacial score (nSPS) is 17.6. The van der Waals surface area contributed by atoms with Gasteiger partial charge < -0.3 is 10.2 Å². The molecule has 1 fully saturated rings. The van der Waals surface area contributed by atoms with Crippen LogP contribution >= 0.6 is 11.3 Å². The Morgan fingerprint density at radius 1 is 1.53 bits per heavy atom. The van der Waals surface area contributed by atoms with Crippen LogP contribution in [0, 0.1) is 0 Å². The lowest BCUT2D eigenvalue weighted by atomic mass is 10.0. The van der Waals surface area contributed by atoms with Gasteiger partial charge in [-0.05, 0) is 12.8 Å². The van der Waals surface area contributed by atoms with E-state index < -0.39 is 0 Å². The molecule has 1 aromatic heterocycles. The molecule has 1 amide bonds. The highest BCUT2D eigenvalue weighted by Gasteiger charge is 2.20. The maximum atomic E-state index is 11.6. The molecule has 0 atom stereocenters. The van der Waals surface area contributed by atoms with Crippen molar-refractivity contribution in [3.8, 4) is 0 Å². The molecule has 19 heavy (non-hydrogen) atoms. The zero-order valence-electron chi connectivity index (χ0n) is 11.6. The first-order chi connectivity index (χ1) is 9.15. The Morgan fingerprint density at radius 3 is 2.84 bits per heavy atom. The topological polar surface area (TPSA) is 48.5 Å². The molecule has 6 heteroatoms. The van der Waals surface area contributed by atoms with E-state index in [2.05, 4.69) is 20.6 Å². The van der Waals surface area contributed by atoms with Crippen molar-refractivity contribution >= 4 is 17.2 Å². The second-order valence-electron chi connectivity index (χ2n) is 5.20. The number of amides is 1. The van der Waals surface area contributed by atoms with Crippen LogP contribution in [-0.2, 0) is 11.3 Å². The minimum Gasteiger partial charge on any atom is -0.348 e. The molecule has 1 aliphatic rings. The Morgan fingerprint density at radius 2 is 2.26 bits per heavy atom. The van der Waals surface area contributed by atoms with Gasteiger partial charge in [-0.3, -0.25) is 9.69 Å². The number of hydrogen-bond acceptors (Lipinski definition) is 5. The number of carbonyl (C=O) groups excluding carboxylic acids is 1. The lowest BCUT2D eigenvalue weighted by Crippen LogP contribution is -2.45. The molecule has 2 heterocycles. The largest absolute Gasteiger partial charge is 0.348 e. The molecule has 1 aromatic rings. The molecule has 0 aromatic carbocycles. The van der Waals surface area contributed by atoms with E-state index in [1.54, 1.807) is 16.2 Å². The molecule has 1 saturated heterocycles. The lowest BCUT2D eigenvalue weighted by Gasteiger charge is -2.32. The fourth-order valence-corrected chi connectivity index (χ4v) is 2.76. The third kappa shape index (κ3) is 4.56. The van der Waals surface area contributed by atoms with Gasteiger partial charge in [-0.25, -0.2) is 4.98 Å². The number of rotatable bonds is 5. The van der Waals surface area contributed by atoms with Gasteiger partial charge in [0.25, 0.3) is 0 Å². The maximum Gasteiger partial charge on any atom is 0.236 e. The maximum absolute atomic E-state index is 11.6. The van der Waals surface area contributed by atoms with Gasteiger partial charge in [-0.15, -0.1) is 11.3 Å². The van der Waals surface area contributed by atoms with Crippen molar-refractivity contribution in [3.63, 3.8) is 0 Å². The van der Waals surface area contributed by atoms with Crippen LogP contribution in [-0.4, -0.2) is 60.5 Å². The quantitative estimate of drug-likeness (QED) is 0.867. The van der Waals surface area contributed by atoms with Crippen molar-refractivity contribution in [2.45, 2.75) is 25.4 Å². The minimum absolute atomic E-state index is 0.189. The van der Waals surface area contributed by atoms with E-state index in [1.807, 2.05) is 19.6 Å². The summed E-state index contributed by atoms with van der Waals surface area (Å²) in [5, 5.41) is 5.62. The van der Waals surface area contributed by atoms with Gasteiger partial charge >= 0.3 is 0 Å². The molecule has 0 bridgehead atoms. The number of piperidine rings is 1. The number of aromatic nitrogens is 1.